The molecule has 8 heteroatoms. The van der Waals surface area contributed by atoms with Crippen molar-refractivity contribution in [2.45, 2.75) is 20.3 Å². The maximum Gasteiger partial charge on any atom is 0.320 e. The minimum Gasteiger partial charge on any atom is -0.857 e. The number of aryl methyl sites for hydroxylation is 1. The van der Waals surface area contributed by atoms with Crippen LogP contribution in [0.3, 0.4) is 0 Å². The third-order valence-corrected chi connectivity index (χ3v) is 4.34. The number of anilines is 1. The third kappa shape index (κ3) is 3.16. The lowest BCUT2D eigenvalue weighted by molar-refractivity contribution is -0.739. The first-order valence-corrected chi connectivity index (χ1v) is 8.02. The normalized spacial score (nSPS) is 12.4. The Morgan fingerprint density at radius 3 is 2.91 bits per heavy atom. The summed E-state index contributed by atoms with van der Waals surface area (Å²) in [5.41, 5.74) is 7.49. The van der Waals surface area contributed by atoms with Gasteiger partial charge in [0.25, 0.3) is 6.20 Å². The number of rotatable bonds is 4. The van der Waals surface area contributed by atoms with Crippen molar-refractivity contribution in [2.24, 2.45) is 18.0 Å². The fourth-order valence-electron chi connectivity index (χ4n) is 2.24. The van der Waals surface area contributed by atoms with Gasteiger partial charge in [-0.05, 0) is 24.5 Å². The molecule has 0 unspecified atom stereocenters. The lowest BCUT2D eigenvalue weighted by Crippen LogP contribution is -2.27. The largest absolute Gasteiger partial charge is 0.857 e. The van der Waals surface area contributed by atoms with Crippen molar-refractivity contribution < 1.29 is 14.3 Å². The van der Waals surface area contributed by atoms with Gasteiger partial charge >= 0.3 is 5.88 Å². The smallest absolute Gasteiger partial charge is 0.320 e. The second-order valence-electron chi connectivity index (χ2n) is 5.73. The molecule has 3 heterocycles. The molecule has 0 aliphatic carbocycles. The van der Waals surface area contributed by atoms with Gasteiger partial charge in [-0.15, -0.1) is 11.3 Å². The average molecular weight is 331 g/mol. The molecule has 0 aliphatic heterocycles. The molecule has 0 saturated carbocycles. The number of pyridine rings is 1. The highest BCUT2D eigenvalue weighted by atomic mass is 32.1. The van der Waals surface area contributed by atoms with E-state index >= 15 is 0 Å². The molecule has 0 aromatic carbocycles. The van der Waals surface area contributed by atoms with Crippen LogP contribution < -0.4 is 15.5 Å². The molecule has 23 heavy (non-hydrogen) atoms. The van der Waals surface area contributed by atoms with Crippen LogP contribution in [0.1, 0.15) is 24.4 Å². The van der Waals surface area contributed by atoms with Crippen LogP contribution in [0.2, 0.25) is 0 Å². The molecule has 0 amide bonds. The van der Waals surface area contributed by atoms with Gasteiger partial charge in [-0.1, -0.05) is 18.5 Å². The first-order chi connectivity index (χ1) is 10.9. The van der Waals surface area contributed by atoms with Gasteiger partial charge in [-0.2, -0.15) is 0 Å². The zero-order chi connectivity index (χ0) is 16.6. The van der Waals surface area contributed by atoms with Crippen molar-refractivity contribution in [3.8, 4) is 0 Å². The number of nitrogens with zero attached hydrogens (tertiary/aromatic N) is 4. The molecule has 0 fully saturated rings. The van der Waals surface area contributed by atoms with Crippen LogP contribution in [0.5, 0.6) is 0 Å². The third-order valence-electron chi connectivity index (χ3n) is 3.24. The van der Waals surface area contributed by atoms with Crippen molar-refractivity contribution in [1.29, 1.82) is 0 Å². The molecule has 0 radical (unpaired) electrons. The second-order valence-corrected chi connectivity index (χ2v) is 6.73. The SMILES string of the molecule is CC(C)Cc1ccc2c(N)c(/C([O-])=N/c3c[n+](C)no3)sc2n1. The van der Waals surface area contributed by atoms with Gasteiger partial charge in [0.05, 0.1) is 10.6 Å². The maximum absolute atomic E-state index is 12.3. The highest BCUT2D eigenvalue weighted by molar-refractivity contribution is 7.21. The van der Waals surface area contributed by atoms with E-state index in [9.17, 15) is 5.11 Å². The van der Waals surface area contributed by atoms with Gasteiger partial charge in [0, 0.05) is 17.0 Å². The number of aromatic nitrogens is 3. The Balaban J connectivity index is 2.00. The van der Waals surface area contributed by atoms with E-state index < -0.39 is 5.90 Å². The lowest BCUT2D eigenvalue weighted by Gasteiger charge is -2.06. The molecule has 0 aliphatic rings. The van der Waals surface area contributed by atoms with Crippen molar-refractivity contribution in [3.05, 3.63) is 28.9 Å². The predicted octanol–water partition coefficient (Wildman–Crippen LogP) is 1.33. The minimum atomic E-state index is -0.451. The molecule has 0 bridgehead atoms. The van der Waals surface area contributed by atoms with Gasteiger partial charge in [-0.25, -0.2) is 9.98 Å². The Bertz CT molecular complexity index is 881. The van der Waals surface area contributed by atoms with Crippen LogP contribution in [0, 0.1) is 5.92 Å². The molecule has 7 nitrogen and oxygen atoms in total. The molecule has 3 aromatic rings. The predicted molar refractivity (Wildman–Crippen MR) is 86.5 cm³/mol. The van der Waals surface area contributed by atoms with Crippen LogP contribution in [-0.2, 0) is 13.5 Å². The van der Waals surface area contributed by atoms with Crippen molar-refractivity contribution >= 4 is 39.0 Å². The van der Waals surface area contributed by atoms with E-state index in [0.717, 1.165) is 22.3 Å². The van der Waals surface area contributed by atoms with E-state index in [2.05, 4.69) is 29.1 Å². The summed E-state index contributed by atoms with van der Waals surface area (Å²) in [6, 6.07) is 3.87. The Labute approximate surface area is 137 Å². The first-order valence-electron chi connectivity index (χ1n) is 7.20. The maximum atomic E-state index is 12.3. The number of hydrogen-bond acceptors (Lipinski definition) is 7. The standard InChI is InChI=1S/C15H17N5O2S/c1-8(2)6-9-4-5-10-12(16)13(23-15(10)17-9)14(21)18-11-7-20(3)19-22-11/h4-5,7-8H,6H2,1-3H3,(H2-,16,18,19,21). The molecule has 3 aromatic heterocycles. The highest BCUT2D eigenvalue weighted by Gasteiger charge is 2.13. The van der Waals surface area contributed by atoms with Crippen LogP contribution in [0.15, 0.2) is 27.8 Å². The molecular formula is C15H17N5O2S. The van der Waals surface area contributed by atoms with Gasteiger partial charge in [0.2, 0.25) is 0 Å². The second kappa shape index (κ2) is 5.96. The van der Waals surface area contributed by atoms with E-state index in [4.69, 9.17) is 10.3 Å². The topological polar surface area (TPSA) is 104 Å². The zero-order valence-electron chi connectivity index (χ0n) is 13.1. The van der Waals surface area contributed by atoms with Gasteiger partial charge in [0.1, 0.15) is 4.83 Å². The lowest BCUT2D eigenvalue weighted by atomic mass is 10.1. The van der Waals surface area contributed by atoms with Crippen molar-refractivity contribution in [1.82, 2.24) is 10.3 Å². The summed E-state index contributed by atoms with van der Waals surface area (Å²) in [7, 11) is 1.68. The van der Waals surface area contributed by atoms with E-state index in [1.807, 2.05) is 12.1 Å². The molecule has 3 rings (SSSR count). The quantitative estimate of drug-likeness (QED) is 0.441. The van der Waals surface area contributed by atoms with Crippen molar-refractivity contribution in [2.75, 3.05) is 5.73 Å². The molecule has 0 atom stereocenters. The zero-order valence-corrected chi connectivity index (χ0v) is 13.9. The summed E-state index contributed by atoms with van der Waals surface area (Å²) in [6.07, 6.45) is 2.40. The number of nitrogens with two attached hydrogens (primary N) is 1. The number of thiophene rings is 1. The summed E-state index contributed by atoms with van der Waals surface area (Å²) < 4.78 is 6.34. The van der Waals surface area contributed by atoms with E-state index in [-0.39, 0.29) is 5.88 Å². The Kier molecular flexibility index (Phi) is 3.99. The molecule has 2 N–H and O–H groups in total. The summed E-state index contributed by atoms with van der Waals surface area (Å²) >= 11 is 1.25. The fraction of sp³-hybridized carbons (Fsp3) is 0.333. The Hall–Kier alpha value is -2.48. The average Bonchev–Trinajstić information content (AvgIpc) is 3.02. The van der Waals surface area contributed by atoms with E-state index in [1.54, 1.807) is 7.05 Å². The number of nitrogen functional groups attached to an aromatic ring is 1. The van der Waals surface area contributed by atoms with Crippen LogP contribution in [0.25, 0.3) is 10.2 Å². The van der Waals surface area contributed by atoms with Crippen LogP contribution in [0.4, 0.5) is 11.6 Å². The summed E-state index contributed by atoms with van der Waals surface area (Å²) in [5, 5.41) is 16.7. The number of fused-ring (bicyclic) bond motifs is 1. The number of hydrogen-bond donors (Lipinski definition) is 1. The molecular weight excluding hydrogens is 314 g/mol. The van der Waals surface area contributed by atoms with Gasteiger partial charge < -0.3 is 10.8 Å². The summed E-state index contributed by atoms with van der Waals surface area (Å²) in [6.45, 7) is 4.28. The fourth-order valence-corrected chi connectivity index (χ4v) is 3.24. The molecule has 120 valence electrons. The summed E-state index contributed by atoms with van der Waals surface area (Å²) in [5.74, 6) is 0.205. The van der Waals surface area contributed by atoms with E-state index in [1.165, 1.54) is 22.2 Å². The van der Waals surface area contributed by atoms with Crippen molar-refractivity contribution in [3.63, 3.8) is 0 Å². The van der Waals surface area contributed by atoms with E-state index in [0.29, 0.717) is 16.5 Å². The molecule has 0 saturated heterocycles. The molecule has 0 spiro atoms. The Morgan fingerprint density at radius 1 is 1.48 bits per heavy atom. The summed E-state index contributed by atoms with van der Waals surface area (Å²) in [4.78, 5) is 9.61. The highest BCUT2D eigenvalue weighted by Crippen LogP contribution is 2.33. The Morgan fingerprint density at radius 2 is 2.26 bits per heavy atom. The van der Waals surface area contributed by atoms with Crippen LogP contribution >= 0.6 is 11.3 Å². The monoisotopic (exact) mass is 331 g/mol. The van der Waals surface area contributed by atoms with Gasteiger partial charge in [0.15, 0.2) is 12.3 Å². The van der Waals surface area contributed by atoms with Gasteiger partial charge in [-0.3, -0.25) is 4.52 Å². The minimum absolute atomic E-state index is 0.141. The van der Waals surface area contributed by atoms with Crippen LogP contribution in [-0.4, -0.2) is 16.2 Å². The number of aliphatic imine (C=N–C) groups is 1. The first kappa shape index (κ1) is 15.4.